The highest BCUT2D eigenvalue weighted by Crippen LogP contribution is 2.24. The SMILES string of the molecule is CCNC(Cc1cccnc1N)c1cccs1. The van der Waals surface area contributed by atoms with Crippen LogP contribution in [-0.2, 0) is 6.42 Å². The second kappa shape index (κ2) is 5.80. The van der Waals surface area contributed by atoms with Crippen molar-refractivity contribution < 1.29 is 0 Å². The van der Waals surface area contributed by atoms with Crippen molar-refractivity contribution in [3.05, 3.63) is 46.3 Å². The molecule has 3 nitrogen and oxygen atoms in total. The number of rotatable bonds is 5. The second-order valence-corrected chi connectivity index (χ2v) is 4.86. The Morgan fingerprint density at radius 1 is 1.41 bits per heavy atom. The minimum Gasteiger partial charge on any atom is -0.383 e. The molecule has 0 amide bonds. The van der Waals surface area contributed by atoms with Crippen molar-refractivity contribution in [1.29, 1.82) is 0 Å². The first-order valence-electron chi connectivity index (χ1n) is 5.77. The lowest BCUT2D eigenvalue weighted by Crippen LogP contribution is -2.22. The molecule has 90 valence electrons. The number of nitrogens with zero attached hydrogens (tertiary/aromatic N) is 1. The number of nitrogens with two attached hydrogens (primary N) is 1. The largest absolute Gasteiger partial charge is 0.383 e. The minimum absolute atomic E-state index is 0.325. The van der Waals surface area contributed by atoms with Gasteiger partial charge < -0.3 is 11.1 Å². The molecule has 4 heteroatoms. The molecule has 2 aromatic rings. The van der Waals surface area contributed by atoms with Gasteiger partial charge in [0.05, 0.1) is 0 Å². The van der Waals surface area contributed by atoms with E-state index < -0.39 is 0 Å². The number of pyridine rings is 1. The van der Waals surface area contributed by atoms with E-state index in [4.69, 9.17) is 5.73 Å². The summed E-state index contributed by atoms with van der Waals surface area (Å²) < 4.78 is 0. The molecule has 17 heavy (non-hydrogen) atoms. The molecule has 2 rings (SSSR count). The molecule has 0 aliphatic heterocycles. The molecule has 0 aliphatic carbocycles. The fourth-order valence-corrected chi connectivity index (χ4v) is 2.65. The van der Waals surface area contributed by atoms with E-state index in [2.05, 4.69) is 34.7 Å². The Labute approximate surface area is 106 Å². The summed E-state index contributed by atoms with van der Waals surface area (Å²) in [7, 11) is 0. The molecule has 0 saturated heterocycles. The highest BCUT2D eigenvalue weighted by atomic mass is 32.1. The van der Waals surface area contributed by atoms with Crippen LogP contribution in [-0.4, -0.2) is 11.5 Å². The average Bonchev–Trinajstić information content (AvgIpc) is 2.85. The van der Waals surface area contributed by atoms with Crippen LogP contribution in [0.1, 0.15) is 23.4 Å². The van der Waals surface area contributed by atoms with Crippen LogP contribution in [0.2, 0.25) is 0 Å². The van der Waals surface area contributed by atoms with Crippen molar-refractivity contribution in [3.8, 4) is 0 Å². The van der Waals surface area contributed by atoms with Crippen LogP contribution in [0.25, 0.3) is 0 Å². The van der Waals surface area contributed by atoms with Gasteiger partial charge in [0.1, 0.15) is 5.82 Å². The van der Waals surface area contributed by atoms with Gasteiger partial charge in [-0.05, 0) is 36.0 Å². The van der Waals surface area contributed by atoms with E-state index in [9.17, 15) is 0 Å². The summed E-state index contributed by atoms with van der Waals surface area (Å²) in [6.45, 7) is 3.07. The number of nitrogens with one attached hydrogen (secondary N) is 1. The summed E-state index contributed by atoms with van der Waals surface area (Å²) in [5.74, 6) is 0.631. The zero-order chi connectivity index (χ0) is 12.1. The number of anilines is 1. The number of nitrogen functional groups attached to an aromatic ring is 1. The molecule has 0 aromatic carbocycles. The fourth-order valence-electron chi connectivity index (χ4n) is 1.85. The van der Waals surface area contributed by atoms with E-state index in [1.165, 1.54) is 4.88 Å². The van der Waals surface area contributed by atoms with Gasteiger partial charge in [-0.25, -0.2) is 4.98 Å². The lowest BCUT2D eigenvalue weighted by Gasteiger charge is -2.17. The molecule has 0 aliphatic rings. The monoisotopic (exact) mass is 247 g/mol. The summed E-state index contributed by atoms with van der Waals surface area (Å²) in [6, 6.07) is 8.54. The Bertz CT molecular complexity index is 453. The van der Waals surface area contributed by atoms with Crippen molar-refractivity contribution in [2.75, 3.05) is 12.3 Å². The lowest BCUT2D eigenvalue weighted by atomic mass is 10.1. The summed E-state index contributed by atoms with van der Waals surface area (Å²) in [4.78, 5) is 5.47. The van der Waals surface area contributed by atoms with Gasteiger partial charge in [0.2, 0.25) is 0 Å². The lowest BCUT2D eigenvalue weighted by molar-refractivity contribution is 0.558. The van der Waals surface area contributed by atoms with Crippen LogP contribution >= 0.6 is 11.3 Å². The number of aromatic nitrogens is 1. The molecule has 1 unspecified atom stereocenters. The Morgan fingerprint density at radius 3 is 2.94 bits per heavy atom. The summed E-state index contributed by atoms with van der Waals surface area (Å²) in [5.41, 5.74) is 6.99. The van der Waals surface area contributed by atoms with Crippen molar-refractivity contribution >= 4 is 17.2 Å². The molecule has 2 heterocycles. The molecule has 0 bridgehead atoms. The smallest absolute Gasteiger partial charge is 0.126 e. The van der Waals surface area contributed by atoms with Gasteiger partial charge in [0, 0.05) is 17.1 Å². The molecular formula is C13H17N3S. The molecule has 2 aromatic heterocycles. The van der Waals surface area contributed by atoms with Crippen LogP contribution in [0.5, 0.6) is 0 Å². The van der Waals surface area contributed by atoms with E-state index >= 15 is 0 Å². The van der Waals surface area contributed by atoms with E-state index in [-0.39, 0.29) is 0 Å². The van der Waals surface area contributed by atoms with Crippen molar-refractivity contribution in [2.45, 2.75) is 19.4 Å². The second-order valence-electron chi connectivity index (χ2n) is 3.88. The maximum atomic E-state index is 5.88. The number of hydrogen-bond donors (Lipinski definition) is 2. The van der Waals surface area contributed by atoms with Crippen molar-refractivity contribution in [3.63, 3.8) is 0 Å². The normalized spacial score (nSPS) is 12.5. The average molecular weight is 247 g/mol. The summed E-state index contributed by atoms with van der Waals surface area (Å²) in [5, 5.41) is 5.59. The zero-order valence-electron chi connectivity index (χ0n) is 9.89. The van der Waals surface area contributed by atoms with Crippen LogP contribution in [0.4, 0.5) is 5.82 Å². The zero-order valence-corrected chi connectivity index (χ0v) is 10.7. The third-order valence-corrected chi connectivity index (χ3v) is 3.67. The highest BCUT2D eigenvalue weighted by molar-refractivity contribution is 7.10. The van der Waals surface area contributed by atoms with E-state index in [1.807, 2.05) is 12.1 Å². The Kier molecular flexibility index (Phi) is 4.12. The maximum absolute atomic E-state index is 5.88. The first-order chi connectivity index (χ1) is 8.31. The van der Waals surface area contributed by atoms with Crippen molar-refractivity contribution in [1.82, 2.24) is 10.3 Å². The first kappa shape index (κ1) is 12.1. The van der Waals surface area contributed by atoms with E-state index in [0.29, 0.717) is 11.9 Å². The highest BCUT2D eigenvalue weighted by Gasteiger charge is 2.13. The standard InChI is InChI=1S/C13H17N3S/c1-2-15-11(12-6-4-8-17-12)9-10-5-3-7-16-13(10)14/h3-8,11,15H,2,9H2,1H3,(H2,14,16). The maximum Gasteiger partial charge on any atom is 0.126 e. The molecule has 0 saturated carbocycles. The fraction of sp³-hybridized carbons (Fsp3) is 0.308. The number of thiophene rings is 1. The van der Waals surface area contributed by atoms with Gasteiger partial charge in [-0.2, -0.15) is 0 Å². The van der Waals surface area contributed by atoms with Crippen molar-refractivity contribution in [2.24, 2.45) is 0 Å². The quantitative estimate of drug-likeness (QED) is 0.854. The Balaban J connectivity index is 2.16. The minimum atomic E-state index is 0.325. The van der Waals surface area contributed by atoms with Crippen LogP contribution in [0.15, 0.2) is 35.8 Å². The predicted molar refractivity (Wildman–Crippen MR) is 73.1 cm³/mol. The molecule has 1 atom stereocenters. The number of hydrogen-bond acceptors (Lipinski definition) is 4. The summed E-state index contributed by atoms with van der Waals surface area (Å²) in [6.07, 6.45) is 2.61. The van der Waals surface area contributed by atoms with Gasteiger partial charge in [-0.1, -0.05) is 19.1 Å². The van der Waals surface area contributed by atoms with Crippen LogP contribution in [0.3, 0.4) is 0 Å². The van der Waals surface area contributed by atoms with Gasteiger partial charge in [-0.15, -0.1) is 11.3 Å². The number of likely N-dealkylation sites (N-methyl/N-ethyl adjacent to an activating group) is 1. The van der Waals surface area contributed by atoms with Crippen LogP contribution in [0, 0.1) is 0 Å². The molecule has 0 spiro atoms. The first-order valence-corrected chi connectivity index (χ1v) is 6.65. The van der Waals surface area contributed by atoms with Gasteiger partial charge >= 0.3 is 0 Å². The molecular weight excluding hydrogens is 230 g/mol. The molecule has 0 fully saturated rings. The Morgan fingerprint density at radius 2 is 2.29 bits per heavy atom. The summed E-state index contributed by atoms with van der Waals surface area (Å²) >= 11 is 1.77. The van der Waals surface area contributed by atoms with E-state index in [1.54, 1.807) is 17.5 Å². The van der Waals surface area contributed by atoms with E-state index in [0.717, 1.165) is 18.5 Å². The topological polar surface area (TPSA) is 50.9 Å². The van der Waals surface area contributed by atoms with Crippen LogP contribution < -0.4 is 11.1 Å². The Hall–Kier alpha value is -1.39. The third-order valence-electron chi connectivity index (χ3n) is 2.69. The van der Waals surface area contributed by atoms with Gasteiger partial charge in [0.15, 0.2) is 0 Å². The van der Waals surface area contributed by atoms with Gasteiger partial charge in [0.25, 0.3) is 0 Å². The molecule has 0 radical (unpaired) electrons. The third kappa shape index (κ3) is 3.05. The van der Waals surface area contributed by atoms with Gasteiger partial charge in [-0.3, -0.25) is 0 Å². The predicted octanol–water partition coefficient (Wildman–Crippen LogP) is 2.62. The molecule has 3 N–H and O–H groups in total.